The minimum absolute atomic E-state index is 0.332. The summed E-state index contributed by atoms with van der Waals surface area (Å²) in [5.41, 5.74) is 1.59. The van der Waals surface area contributed by atoms with Gasteiger partial charge in [0, 0.05) is 6.07 Å². The van der Waals surface area contributed by atoms with Gasteiger partial charge in [-0.1, -0.05) is 48.5 Å². The molecule has 0 aliphatic carbocycles. The average Bonchev–Trinajstić information content (AvgIpc) is 2.67. The van der Waals surface area contributed by atoms with Gasteiger partial charge >= 0.3 is 5.97 Å². The molecule has 0 unspecified atom stereocenters. The van der Waals surface area contributed by atoms with Crippen LogP contribution in [0.1, 0.15) is 15.9 Å². The lowest BCUT2D eigenvalue weighted by atomic mass is 10.0. The van der Waals surface area contributed by atoms with E-state index < -0.39 is 16.6 Å². The van der Waals surface area contributed by atoms with Crippen LogP contribution in [0, 0.1) is 10.1 Å². The zero-order valence-electron chi connectivity index (χ0n) is 13.7. The van der Waals surface area contributed by atoms with Gasteiger partial charge in [-0.15, -0.1) is 0 Å². The molecule has 0 bridgehead atoms. The number of nitro benzene ring substituents is 1. The third-order valence-electron chi connectivity index (χ3n) is 3.86. The molecule has 0 heterocycles. The number of hydrogen-bond donors (Lipinski definition) is 1. The van der Waals surface area contributed by atoms with Gasteiger partial charge in [-0.05, 0) is 34.9 Å². The Morgan fingerprint density at radius 3 is 2.23 bits per heavy atom. The van der Waals surface area contributed by atoms with Gasteiger partial charge in [0.2, 0.25) is 0 Å². The number of ether oxygens (including phenoxy) is 1. The van der Waals surface area contributed by atoms with Crippen molar-refractivity contribution in [3.8, 4) is 16.9 Å². The quantitative estimate of drug-likeness (QED) is 0.521. The van der Waals surface area contributed by atoms with Crippen molar-refractivity contribution >= 4 is 11.7 Å². The zero-order chi connectivity index (χ0) is 18.5. The molecule has 130 valence electrons. The Bertz CT molecular complexity index is 936. The van der Waals surface area contributed by atoms with Crippen LogP contribution in [0.2, 0.25) is 0 Å². The Kier molecular flexibility index (Phi) is 4.94. The fourth-order valence-corrected chi connectivity index (χ4v) is 2.53. The van der Waals surface area contributed by atoms with Gasteiger partial charge in [0.15, 0.2) is 0 Å². The molecule has 0 amide bonds. The van der Waals surface area contributed by atoms with Gasteiger partial charge < -0.3 is 9.84 Å². The van der Waals surface area contributed by atoms with Gasteiger partial charge in [0.25, 0.3) is 5.69 Å². The number of nitrogens with zero attached hydrogens (tertiary/aromatic N) is 1. The van der Waals surface area contributed by atoms with E-state index in [0.29, 0.717) is 17.9 Å². The molecule has 0 fully saturated rings. The van der Waals surface area contributed by atoms with E-state index in [1.165, 1.54) is 12.1 Å². The van der Waals surface area contributed by atoms with Crippen molar-refractivity contribution in [1.29, 1.82) is 0 Å². The largest absolute Gasteiger partial charge is 0.489 e. The molecular formula is C20H15NO5. The summed E-state index contributed by atoms with van der Waals surface area (Å²) in [6.07, 6.45) is 0. The normalized spacial score (nSPS) is 10.3. The average molecular weight is 349 g/mol. The van der Waals surface area contributed by atoms with Crippen molar-refractivity contribution < 1.29 is 19.6 Å². The lowest BCUT2D eigenvalue weighted by Crippen LogP contribution is -2.02. The van der Waals surface area contributed by atoms with Gasteiger partial charge in [-0.2, -0.15) is 0 Å². The molecule has 3 aromatic carbocycles. The van der Waals surface area contributed by atoms with Crippen LogP contribution in [0.3, 0.4) is 0 Å². The Morgan fingerprint density at radius 2 is 1.62 bits per heavy atom. The van der Waals surface area contributed by atoms with Crippen molar-refractivity contribution in [2.45, 2.75) is 6.61 Å². The van der Waals surface area contributed by atoms with Crippen LogP contribution in [0.4, 0.5) is 5.69 Å². The highest BCUT2D eigenvalue weighted by Gasteiger charge is 2.20. The first-order valence-corrected chi connectivity index (χ1v) is 7.83. The van der Waals surface area contributed by atoms with Gasteiger partial charge in [-0.25, -0.2) is 4.79 Å². The number of benzene rings is 3. The first-order valence-electron chi connectivity index (χ1n) is 7.83. The molecule has 6 heteroatoms. The highest BCUT2D eigenvalue weighted by atomic mass is 16.6. The predicted octanol–water partition coefficient (Wildman–Crippen LogP) is 4.54. The second-order valence-corrected chi connectivity index (χ2v) is 5.59. The Hall–Kier alpha value is -3.67. The third kappa shape index (κ3) is 3.87. The summed E-state index contributed by atoms with van der Waals surface area (Å²) in [6, 6.07) is 20.9. The lowest BCUT2D eigenvalue weighted by molar-refractivity contribution is -0.385. The van der Waals surface area contributed by atoms with E-state index in [-0.39, 0.29) is 5.56 Å². The summed E-state index contributed by atoms with van der Waals surface area (Å²) >= 11 is 0. The van der Waals surface area contributed by atoms with Crippen molar-refractivity contribution in [2.75, 3.05) is 0 Å². The van der Waals surface area contributed by atoms with Crippen molar-refractivity contribution in [2.24, 2.45) is 0 Å². The molecule has 0 saturated carbocycles. The van der Waals surface area contributed by atoms with Gasteiger partial charge in [0.05, 0.1) is 4.92 Å². The minimum Gasteiger partial charge on any atom is -0.489 e. The molecule has 0 saturated heterocycles. The number of carboxylic acids is 1. The fourth-order valence-electron chi connectivity index (χ4n) is 2.53. The summed E-state index contributed by atoms with van der Waals surface area (Å²) in [6.45, 7) is 0.443. The van der Waals surface area contributed by atoms with Gasteiger partial charge in [-0.3, -0.25) is 10.1 Å². The van der Waals surface area contributed by atoms with E-state index in [4.69, 9.17) is 9.84 Å². The highest BCUT2D eigenvalue weighted by Crippen LogP contribution is 2.28. The maximum absolute atomic E-state index is 11.1. The maximum atomic E-state index is 11.1. The number of nitro groups is 1. The standard InChI is InChI=1S/C20H15NO5/c22-20(23)18-11-8-16(12-19(18)21(24)25)15-6-9-17(10-7-15)26-13-14-4-2-1-3-5-14/h1-12H,13H2,(H,22,23). The van der Waals surface area contributed by atoms with Crippen molar-refractivity contribution in [3.05, 3.63) is 94.0 Å². The minimum atomic E-state index is -1.33. The van der Waals surface area contributed by atoms with Crippen LogP contribution < -0.4 is 4.74 Å². The number of carbonyl (C=O) groups is 1. The molecule has 0 aromatic heterocycles. The topological polar surface area (TPSA) is 89.7 Å². The van der Waals surface area contributed by atoms with E-state index in [1.807, 2.05) is 30.3 Å². The second kappa shape index (κ2) is 7.48. The molecule has 1 N–H and O–H groups in total. The van der Waals surface area contributed by atoms with E-state index in [2.05, 4.69) is 0 Å². The summed E-state index contributed by atoms with van der Waals surface area (Å²) in [5.74, 6) is -0.651. The first kappa shape index (κ1) is 17.2. The molecule has 0 aliphatic rings. The summed E-state index contributed by atoms with van der Waals surface area (Å²) in [7, 11) is 0. The number of hydrogen-bond acceptors (Lipinski definition) is 4. The molecular weight excluding hydrogens is 334 g/mol. The van der Waals surface area contributed by atoms with Crippen LogP contribution in [-0.2, 0) is 6.61 Å². The smallest absolute Gasteiger partial charge is 0.342 e. The molecule has 3 aromatic rings. The number of carboxylic acid groups (broad SMARTS) is 1. The predicted molar refractivity (Wildman–Crippen MR) is 96.3 cm³/mol. The van der Waals surface area contributed by atoms with Crippen molar-refractivity contribution in [1.82, 2.24) is 0 Å². The van der Waals surface area contributed by atoms with Crippen LogP contribution in [-0.4, -0.2) is 16.0 Å². The fraction of sp³-hybridized carbons (Fsp3) is 0.0500. The SMILES string of the molecule is O=C(O)c1ccc(-c2ccc(OCc3ccccc3)cc2)cc1[N+](=O)[O-]. The Morgan fingerprint density at radius 1 is 0.962 bits per heavy atom. The monoisotopic (exact) mass is 349 g/mol. The summed E-state index contributed by atoms with van der Waals surface area (Å²) < 4.78 is 5.71. The molecule has 3 rings (SSSR count). The van der Waals surface area contributed by atoms with Crippen LogP contribution in [0.15, 0.2) is 72.8 Å². The first-order chi connectivity index (χ1) is 12.5. The third-order valence-corrected chi connectivity index (χ3v) is 3.86. The molecule has 6 nitrogen and oxygen atoms in total. The Balaban J connectivity index is 1.79. The number of rotatable bonds is 6. The second-order valence-electron chi connectivity index (χ2n) is 5.59. The van der Waals surface area contributed by atoms with Crippen LogP contribution in [0.5, 0.6) is 5.75 Å². The van der Waals surface area contributed by atoms with E-state index in [1.54, 1.807) is 30.3 Å². The van der Waals surface area contributed by atoms with Crippen molar-refractivity contribution in [3.63, 3.8) is 0 Å². The molecule has 0 radical (unpaired) electrons. The maximum Gasteiger partial charge on any atom is 0.342 e. The molecule has 0 spiro atoms. The van der Waals surface area contributed by atoms with Gasteiger partial charge in [0.1, 0.15) is 17.9 Å². The molecule has 0 aliphatic heterocycles. The van der Waals surface area contributed by atoms with E-state index >= 15 is 0 Å². The molecule has 0 atom stereocenters. The van der Waals surface area contributed by atoms with E-state index in [9.17, 15) is 14.9 Å². The summed E-state index contributed by atoms with van der Waals surface area (Å²) in [5, 5.41) is 20.2. The highest BCUT2D eigenvalue weighted by molar-refractivity contribution is 5.93. The lowest BCUT2D eigenvalue weighted by Gasteiger charge is -2.08. The number of aromatic carboxylic acids is 1. The van der Waals surface area contributed by atoms with Crippen LogP contribution >= 0.6 is 0 Å². The zero-order valence-corrected chi connectivity index (χ0v) is 13.7. The molecule has 26 heavy (non-hydrogen) atoms. The summed E-state index contributed by atoms with van der Waals surface area (Å²) in [4.78, 5) is 21.5. The van der Waals surface area contributed by atoms with Crippen LogP contribution in [0.25, 0.3) is 11.1 Å². The Labute approximate surface area is 149 Å². The van der Waals surface area contributed by atoms with E-state index in [0.717, 1.165) is 11.1 Å².